The van der Waals surface area contributed by atoms with E-state index in [1.54, 1.807) is 12.1 Å². The molecule has 0 atom stereocenters. The average molecular weight is 270 g/mol. The van der Waals surface area contributed by atoms with Gasteiger partial charge in [-0.1, -0.05) is 26.8 Å². The SMILES string of the molecule is CC(=O)C(=O)Nc1cc(C(C)(C)C)ccc1OCl. The number of benzene rings is 1. The summed E-state index contributed by atoms with van der Waals surface area (Å²) in [5.74, 6) is -0.966. The van der Waals surface area contributed by atoms with Crippen molar-refractivity contribution in [2.45, 2.75) is 33.1 Å². The number of rotatable bonds is 3. The molecular weight excluding hydrogens is 254 g/mol. The number of halogens is 1. The summed E-state index contributed by atoms with van der Waals surface area (Å²) < 4.78 is 4.64. The van der Waals surface area contributed by atoms with E-state index in [1.807, 2.05) is 26.8 Å². The molecule has 18 heavy (non-hydrogen) atoms. The Morgan fingerprint density at radius 1 is 1.28 bits per heavy atom. The van der Waals surface area contributed by atoms with Gasteiger partial charge in [0, 0.05) is 6.92 Å². The number of anilines is 1. The number of amides is 1. The Labute approximate surface area is 111 Å². The zero-order chi connectivity index (χ0) is 13.9. The van der Waals surface area contributed by atoms with E-state index in [0.717, 1.165) is 5.56 Å². The molecule has 0 radical (unpaired) electrons. The first-order chi connectivity index (χ1) is 8.25. The van der Waals surface area contributed by atoms with Crippen molar-refractivity contribution in [1.82, 2.24) is 0 Å². The van der Waals surface area contributed by atoms with Crippen molar-refractivity contribution in [3.05, 3.63) is 23.8 Å². The van der Waals surface area contributed by atoms with Gasteiger partial charge in [0.25, 0.3) is 5.91 Å². The summed E-state index contributed by atoms with van der Waals surface area (Å²) in [4.78, 5) is 22.3. The van der Waals surface area contributed by atoms with Gasteiger partial charge in [0.2, 0.25) is 5.78 Å². The molecule has 0 aliphatic heterocycles. The van der Waals surface area contributed by atoms with Gasteiger partial charge in [0.1, 0.15) is 11.9 Å². The molecule has 0 aliphatic carbocycles. The van der Waals surface area contributed by atoms with Gasteiger partial charge in [-0.25, -0.2) is 0 Å². The van der Waals surface area contributed by atoms with E-state index in [-0.39, 0.29) is 5.41 Å². The van der Waals surface area contributed by atoms with E-state index < -0.39 is 11.7 Å². The number of ketones is 1. The van der Waals surface area contributed by atoms with Crippen molar-refractivity contribution in [2.24, 2.45) is 0 Å². The van der Waals surface area contributed by atoms with Crippen LogP contribution in [0.3, 0.4) is 0 Å². The van der Waals surface area contributed by atoms with Crippen LogP contribution in [0.15, 0.2) is 18.2 Å². The Morgan fingerprint density at radius 3 is 2.33 bits per heavy atom. The van der Waals surface area contributed by atoms with Gasteiger partial charge in [-0.3, -0.25) is 9.59 Å². The predicted molar refractivity (Wildman–Crippen MR) is 70.9 cm³/mol. The minimum absolute atomic E-state index is 0.0828. The summed E-state index contributed by atoms with van der Waals surface area (Å²) in [6, 6.07) is 5.27. The van der Waals surface area contributed by atoms with Gasteiger partial charge in [0.15, 0.2) is 5.75 Å². The third-order valence-corrected chi connectivity index (χ3v) is 2.66. The van der Waals surface area contributed by atoms with Gasteiger partial charge in [-0.2, -0.15) is 0 Å². The zero-order valence-electron chi connectivity index (χ0n) is 10.8. The second-order valence-electron chi connectivity index (χ2n) is 5.05. The highest BCUT2D eigenvalue weighted by Crippen LogP contribution is 2.32. The van der Waals surface area contributed by atoms with Crippen molar-refractivity contribution in [1.29, 1.82) is 0 Å². The number of Topliss-reactive ketones (excluding diaryl/α,β-unsaturated/α-hetero) is 1. The van der Waals surface area contributed by atoms with E-state index in [0.29, 0.717) is 11.4 Å². The monoisotopic (exact) mass is 269 g/mol. The Kier molecular flexibility index (Phi) is 4.35. The lowest BCUT2D eigenvalue weighted by molar-refractivity contribution is -0.133. The normalized spacial score (nSPS) is 10.9. The van der Waals surface area contributed by atoms with Crippen molar-refractivity contribution < 1.29 is 13.9 Å². The second-order valence-corrected chi connectivity index (χ2v) is 5.20. The van der Waals surface area contributed by atoms with Crippen LogP contribution in [0.5, 0.6) is 5.75 Å². The molecule has 4 nitrogen and oxygen atoms in total. The molecule has 1 N–H and O–H groups in total. The maximum Gasteiger partial charge on any atom is 0.291 e. The maximum atomic E-state index is 11.4. The molecule has 0 heterocycles. The van der Waals surface area contributed by atoms with Gasteiger partial charge >= 0.3 is 0 Å². The summed E-state index contributed by atoms with van der Waals surface area (Å²) in [6.45, 7) is 7.32. The van der Waals surface area contributed by atoms with Gasteiger partial charge in [-0.05, 0) is 23.1 Å². The molecule has 0 aromatic heterocycles. The van der Waals surface area contributed by atoms with Crippen molar-refractivity contribution in [3.8, 4) is 5.75 Å². The summed E-state index contributed by atoms with van der Waals surface area (Å²) in [6.07, 6.45) is 0. The van der Waals surface area contributed by atoms with Crippen molar-refractivity contribution in [2.75, 3.05) is 5.32 Å². The molecule has 1 amide bonds. The van der Waals surface area contributed by atoms with E-state index in [1.165, 1.54) is 6.92 Å². The molecule has 0 spiro atoms. The van der Waals surface area contributed by atoms with Crippen LogP contribution in [0, 0.1) is 0 Å². The second kappa shape index (κ2) is 5.40. The van der Waals surface area contributed by atoms with E-state index >= 15 is 0 Å². The zero-order valence-corrected chi connectivity index (χ0v) is 11.6. The van der Waals surface area contributed by atoms with Gasteiger partial charge in [0.05, 0.1) is 5.69 Å². The lowest BCUT2D eigenvalue weighted by atomic mass is 9.87. The number of nitrogens with one attached hydrogen (secondary N) is 1. The molecule has 0 saturated carbocycles. The number of hydrogen-bond acceptors (Lipinski definition) is 3. The third kappa shape index (κ3) is 3.47. The summed E-state index contributed by atoms with van der Waals surface area (Å²) in [5, 5.41) is 2.48. The first-order valence-electron chi connectivity index (χ1n) is 5.50. The summed E-state index contributed by atoms with van der Waals surface area (Å²) >= 11 is 5.33. The third-order valence-electron chi connectivity index (χ3n) is 2.50. The molecule has 1 aromatic rings. The molecule has 0 saturated heterocycles. The molecular formula is C13H16ClNO3. The fraction of sp³-hybridized carbons (Fsp3) is 0.385. The molecule has 1 aromatic carbocycles. The Hall–Kier alpha value is -1.55. The molecule has 0 unspecified atom stereocenters. The van der Waals surface area contributed by atoms with Crippen LogP contribution in [-0.2, 0) is 15.0 Å². The van der Waals surface area contributed by atoms with E-state index in [9.17, 15) is 9.59 Å². The fourth-order valence-corrected chi connectivity index (χ4v) is 1.51. The molecule has 98 valence electrons. The van der Waals surface area contributed by atoms with Crippen LogP contribution in [0.25, 0.3) is 0 Å². The summed E-state index contributed by atoms with van der Waals surface area (Å²) in [7, 11) is 0. The van der Waals surface area contributed by atoms with Gasteiger partial charge < -0.3 is 9.61 Å². The van der Waals surface area contributed by atoms with Crippen molar-refractivity contribution in [3.63, 3.8) is 0 Å². The van der Waals surface area contributed by atoms with Crippen molar-refractivity contribution >= 4 is 29.2 Å². The average Bonchev–Trinajstić information content (AvgIpc) is 2.27. The van der Waals surface area contributed by atoms with Crippen LogP contribution >= 0.6 is 11.9 Å². The topological polar surface area (TPSA) is 55.4 Å². The lowest BCUT2D eigenvalue weighted by Crippen LogP contribution is -2.20. The smallest absolute Gasteiger partial charge is 0.291 e. The van der Waals surface area contributed by atoms with Crippen LogP contribution in [0.2, 0.25) is 0 Å². The standard InChI is InChI=1S/C13H16ClNO3/c1-8(16)12(17)15-10-7-9(13(2,3)4)5-6-11(10)18-14/h5-7H,1-4H3,(H,15,17). The molecule has 5 heteroatoms. The first-order valence-corrected chi connectivity index (χ1v) is 5.81. The summed E-state index contributed by atoms with van der Waals surface area (Å²) in [5.41, 5.74) is 1.30. The quantitative estimate of drug-likeness (QED) is 0.858. The predicted octanol–water partition coefficient (Wildman–Crippen LogP) is 3.04. The Balaban J connectivity index is 3.14. The van der Waals surface area contributed by atoms with Crippen LogP contribution in [-0.4, -0.2) is 11.7 Å². The van der Waals surface area contributed by atoms with Crippen LogP contribution in [0.1, 0.15) is 33.3 Å². The highest BCUT2D eigenvalue weighted by Gasteiger charge is 2.18. The number of carbonyl (C=O) groups excluding carboxylic acids is 2. The molecule has 0 fully saturated rings. The largest absolute Gasteiger partial charge is 0.383 e. The van der Waals surface area contributed by atoms with Crippen LogP contribution in [0.4, 0.5) is 5.69 Å². The Bertz CT molecular complexity index is 478. The minimum Gasteiger partial charge on any atom is -0.383 e. The molecule has 0 bridgehead atoms. The van der Waals surface area contributed by atoms with E-state index in [2.05, 4.69) is 9.61 Å². The maximum absolute atomic E-state index is 11.4. The van der Waals surface area contributed by atoms with Crippen LogP contribution < -0.4 is 9.61 Å². The molecule has 1 rings (SSSR count). The van der Waals surface area contributed by atoms with Gasteiger partial charge in [-0.15, -0.1) is 0 Å². The minimum atomic E-state index is -0.698. The fourth-order valence-electron chi connectivity index (χ4n) is 1.37. The highest BCUT2D eigenvalue weighted by molar-refractivity contribution is 6.39. The Morgan fingerprint density at radius 2 is 1.89 bits per heavy atom. The number of carbonyl (C=O) groups is 2. The first kappa shape index (κ1) is 14.5. The van der Waals surface area contributed by atoms with E-state index in [4.69, 9.17) is 11.9 Å². The number of hydrogen-bond donors (Lipinski definition) is 1. The highest BCUT2D eigenvalue weighted by atomic mass is 35.5. The lowest BCUT2D eigenvalue weighted by Gasteiger charge is -2.20. The molecule has 0 aliphatic rings.